The van der Waals surface area contributed by atoms with E-state index in [-0.39, 0.29) is 17.8 Å². The number of hydrogen-bond acceptors (Lipinski definition) is 5. The smallest absolute Gasteiger partial charge is 0.326 e. The predicted molar refractivity (Wildman–Crippen MR) is 90.9 cm³/mol. The van der Waals surface area contributed by atoms with Gasteiger partial charge in [-0.1, -0.05) is 0 Å². The molecule has 3 amide bonds. The predicted octanol–water partition coefficient (Wildman–Crippen LogP) is 1.65. The van der Waals surface area contributed by atoms with Gasteiger partial charge in [0.2, 0.25) is 0 Å². The van der Waals surface area contributed by atoms with E-state index in [0.717, 1.165) is 24.2 Å². The maximum atomic E-state index is 12.8. The van der Waals surface area contributed by atoms with E-state index in [4.69, 9.17) is 4.74 Å². The van der Waals surface area contributed by atoms with Crippen LogP contribution in [-0.4, -0.2) is 47.3 Å². The number of ether oxygens (including phenoxy) is 1. The Balaban J connectivity index is 1.33. The van der Waals surface area contributed by atoms with Crippen molar-refractivity contribution >= 4 is 23.7 Å². The molecule has 0 unspecified atom stereocenters. The minimum atomic E-state index is -1.02. The van der Waals surface area contributed by atoms with Crippen LogP contribution in [0.5, 0.6) is 0 Å². The Kier molecular flexibility index (Phi) is 3.90. The molecule has 5 rings (SSSR count). The molecule has 0 spiro atoms. The lowest BCUT2D eigenvalue weighted by molar-refractivity contribution is -0.158. The van der Waals surface area contributed by atoms with Gasteiger partial charge in [0.1, 0.15) is 12.1 Å². The van der Waals surface area contributed by atoms with E-state index in [9.17, 15) is 19.2 Å². The molecule has 142 valence electrons. The Hall–Kier alpha value is -1.92. The van der Waals surface area contributed by atoms with Crippen LogP contribution < -0.4 is 5.32 Å². The first-order chi connectivity index (χ1) is 12.2. The molecule has 1 saturated heterocycles. The van der Waals surface area contributed by atoms with Crippen LogP contribution in [0, 0.1) is 23.2 Å². The quantitative estimate of drug-likeness (QED) is 0.593. The molecule has 5 fully saturated rings. The summed E-state index contributed by atoms with van der Waals surface area (Å²) in [7, 11) is 0. The lowest BCUT2D eigenvalue weighted by Crippen LogP contribution is -2.51. The van der Waals surface area contributed by atoms with Crippen molar-refractivity contribution in [2.45, 2.75) is 57.9 Å². The average Bonchev–Trinajstić information content (AvgIpc) is 2.73. The highest BCUT2D eigenvalue weighted by Crippen LogP contribution is 2.60. The molecule has 0 aromatic heterocycles. The normalized spacial score (nSPS) is 37.0. The van der Waals surface area contributed by atoms with Crippen molar-refractivity contribution in [3.05, 3.63) is 0 Å². The van der Waals surface area contributed by atoms with E-state index in [0.29, 0.717) is 17.8 Å². The minimum absolute atomic E-state index is 0.0162. The van der Waals surface area contributed by atoms with Crippen LogP contribution in [0.25, 0.3) is 0 Å². The summed E-state index contributed by atoms with van der Waals surface area (Å²) in [4.78, 5) is 49.7. The SMILES string of the molecule is CC1(C)NC(=O)N(CC(=O)OCC(=O)C23CC4CC(CC(C4)C2)C3)C1=O. The van der Waals surface area contributed by atoms with Crippen molar-refractivity contribution in [3.63, 3.8) is 0 Å². The first kappa shape index (κ1) is 17.5. The first-order valence-electron chi connectivity index (χ1n) is 9.51. The number of ketones is 1. The second-order valence-corrected chi connectivity index (χ2v) is 9.23. The summed E-state index contributed by atoms with van der Waals surface area (Å²) >= 11 is 0. The number of Topliss-reactive ketones (excluding diaryl/α,β-unsaturated/α-hetero) is 1. The average molecular weight is 362 g/mol. The molecule has 4 saturated carbocycles. The third-order valence-corrected chi connectivity index (χ3v) is 6.73. The van der Waals surface area contributed by atoms with Gasteiger partial charge in [-0.05, 0) is 70.1 Å². The van der Waals surface area contributed by atoms with E-state index in [1.807, 2.05) is 0 Å². The molecule has 0 atom stereocenters. The first-order valence-corrected chi connectivity index (χ1v) is 9.51. The maximum absolute atomic E-state index is 12.8. The Bertz CT molecular complexity index is 648. The summed E-state index contributed by atoms with van der Waals surface area (Å²) in [5.74, 6) is 0.774. The molecule has 5 aliphatic rings. The molecule has 4 bridgehead atoms. The topological polar surface area (TPSA) is 92.8 Å². The minimum Gasteiger partial charge on any atom is -0.456 e. The second-order valence-electron chi connectivity index (χ2n) is 9.23. The van der Waals surface area contributed by atoms with Gasteiger partial charge in [0.25, 0.3) is 5.91 Å². The van der Waals surface area contributed by atoms with Gasteiger partial charge in [-0.2, -0.15) is 0 Å². The summed E-state index contributed by atoms with van der Waals surface area (Å²) in [6.45, 7) is 2.45. The zero-order valence-corrected chi connectivity index (χ0v) is 15.4. The van der Waals surface area contributed by atoms with Crippen molar-refractivity contribution in [1.82, 2.24) is 10.2 Å². The van der Waals surface area contributed by atoms with Crippen molar-refractivity contribution in [2.75, 3.05) is 13.2 Å². The lowest BCUT2D eigenvalue weighted by atomic mass is 9.48. The standard InChI is InChI=1S/C19H26N2O5/c1-18(2)16(24)21(17(25)20-18)9-15(23)26-10-14(22)19-6-11-3-12(7-19)5-13(4-11)8-19/h11-13H,3-10H2,1-2H3,(H,20,25). The maximum Gasteiger partial charge on any atom is 0.326 e. The van der Waals surface area contributed by atoms with E-state index in [2.05, 4.69) is 5.32 Å². The molecule has 1 aliphatic heterocycles. The number of nitrogens with zero attached hydrogens (tertiary/aromatic N) is 1. The number of rotatable bonds is 5. The number of carbonyl (C=O) groups is 4. The van der Waals surface area contributed by atoms with Crippen molar-refractivity contribution in [2.24, 2.45) is 23.2 Å². The molecule has 0 aromatic carbocycles. The van der Waals surface area contributed by atoms with E-state index in [1.165, 1.54) is 19.3 Å². The Morgan fingerprint density at radius 3 is 2.08 bits per heavy atom. The van der Waals surface area contributed by atoms with Crippen LogP contribution in [0.4, 0.5) is 4.79 Å². The van der Waals surface area contributed by atoms with Gasteiger partial charge in [-0.25, -0.2) is 4.79 Å². The van der Waals surface area contributed by atoms with Crippen LogP contribution in [0.1, 0.15) is 52.4 Å². The molecule has 26 heavy (non-hydrogen) atoms. The largest absolute Gasteiger partial charge is 0.456 e. The number of hydrogen-bond donors (Lipinski definition) is 1. The van der Waals surface area contributed by atoms with Crippen molar-refractivity contribution in [3.8, 4) is 0 Å². The fourth-order valence-electron chi connectivity index (χ4n) is 5.89. The lowest BCUT2D eigenvalue weighted by Gasteiger charge is -2.55. The molecule has 0 aromatic rings. The number of imide groups is 1. The Morgan fingerprint density at radius 1 is 1.08 bits per heavy atom. The summed E-state index contributed by atoms with van der Waals surface area (Å²) in [5, 5.41) is 2.51. The number of urea groups is 1. The van der Waals surface area contributed by atoms with Gasteiger partial charge in [0, 0.05) is 5.41 Å². The van der Waals surface area contributed by atoms with Gasteiger partial charge < -0.3 is 10.1 Å². The summed E-state index contributed by atoms with van der Waals surface area (Å²) in [6.07, 6.45) is 6.51. The van der Waals surface area contributed by atoms with Crippen LogP contribution in [0.3, 0.4) is 0 Å². The number of carbonyl (C=O) groups excluding carboxylic acids is 4. The van der Waals surface area contributed by atoms with Crippen molar-refractivity contribution < 1.29 is 23.9 Å². The number of esters is 1. The highest BCUT2D eigenvalue weighted by Gasteiger charge is 2.54. The highest BCUT2D eigenvalue weighted by atomic mass is 16.5. The van der Waals surface area contributed by atoms with Gasteiger partial charge >= 0.3 is 12.0 Å². The second kappa shape index (κ2) is 5.79. The molecule has 0 radical (unpaired) electrons. The van der Waals surface area contributed by atoms with Gasteiger partial charge in [0.05, 0.1) is 0 Å². The van der Waals surface area contributed by atoms with Gasteiger partial charge in [-0.15, -0.1) is 0 Å². The van der Waals surface area contributed by atoms with Crippen molar-refractivity contribution in [1.29, 1.82) is 0 Å². The van der Waals surface area contributed by atoms with E-state index < -0.39 is 30.0 Å². The summed E-state index contributed by atoms with van der Waals surface area (Å²) < 4.78 is 5.16. The molecule has 7 heteroatoms. The molecule has 4 aliphatic carbocycles. The zero-order valence-electron chi connectivity index (χ0n) is 15.4. The molecule has 7 nitrogen and oxygen atoms in total. The molecular formula is C19H26N2O5. The number of nitrogens with one attached hydrogen (secondary N) is 1. The fourth-order valence-corrected chi connectivity index (χ4v) is 5.89. The molecule has 1 heterocycles. The number of amides is 3. The third-order valence-electron chi connectivity index (χ3n) is 6.73. The highest BCUT2D eigenvalue weighted by molar-refractivity contribution is 6.08. The molecular weight excluding hydrogens is 336 g/mol. The van der Waals surface area contributed by atoms with Crippen LogP contribution >= 0.6 is 0 Å². The van der Waals surface area contributed by atoms with Crippen LogP contribution in [0.15, 0.2) is 0 Å². The van der Waals surface area contributed by atoms with Gasteiger partial charge in [-0.3, -0.25) is 19.3 Å². The summed E-state index contributed by atoms with van der Waals surface area (Å²) in [6, 6.07) is -0.607. The summed E-state index contributed by atoms with van der Waals surface area (Å²) in [5.41, 5.74) is -1.33. The van der Waals surface area contributed by atoms with Crippen LogP contribution in [0.2, 0.25) is 0 Å². The molecule has 1 N–H and O–H groups in total. The Morgan fingerprint density at radius 2 is 1.62 bits per heavy atom. The monoisotopic (exact) mass is 362 g/mol. The third kappa shape index (κ3) is 2.81. The zero-order chi connectivity index (χ0) is 18.7. The van der Waals surface area contributed by atoms with Crippen LogP contribution in [-0.2, 0) is 19.1 Å². The Labute approximate surface area is 152 Å². The van der Waals surface area contributed by atoms with E-state index in [1.54, 1.807) is 13.8 Å². The fraction of sp³-hybridized carbons (Fsp3) is 0.789. The van der Waals surface area contributed by atoms with E-state index >= 15 is 0 Å². The van der Waals surface area contributed by atoms with Gasteiger partial charge in [0.15, 0.2) is 12.4 Å².